The third-order valence-electron chi connectivity index (χ3n) is 2.93. The second-order valence-corrected chi connectivity index (χ2v) is 6.16. The summed E-state index contributed by atoms with van der Waals surface area (Å²) >= 11 is 2.03. The number of hydrogen-bond donors (Lipinski definition) is 1. The molecule has 0 saturated carbocycles. The summed E-state index contributed by atoms with van der Waals surface area (Å²) in [5, 5.41) is 3.39. The first-order chi connectivity index (χ1) is 9.17. The number of hydrogen-bond acceptors (Lipinski definition) is 3. The third kappa shape index (κ3) is 6.35. The van der Waals surface area contributed by atoms with Gasteiger partial charge in [-0.1, -0.05) is 25.5 Å². The first kappa shape index (κ1) is 16.4. The van der Waals surface area contributed by atoms with Gasteiger partial charge in [-0.05, 0) is 50.8 Å². The Morgan fingerprint density at radius 2 is 1.89 bits per heavy atom. The van der Waals surface area contributed by atoms with Gasteiger partial charge in [-0.3, -0.25) is 0 Å². The monoisotopic (exact) mass is 281 g/mol. The molecule has 3 heteroatoms. The minimum atomic E-state index is 0.232. The van der Waals surface area contributed by atoms with Crippen molar-refractivity contribution in [2.75, 3.05) is 18.6 Å². The minimum Gasteiger partial charge on any atom is -0.491 e. The molecule has 108 valence electrons. The Hall–Kier alpha value is -0.670. The molecule has 0 aliphatic rings. The van der Waals surface area contributed by atoms with Crippen molar-refractivity contribution in [2.45, 2.75) is 45.8 Å². The molecule has 0 fully saturated rings. The largest absolute Gasteiger partial charge is 0.491 e. The van der Waals surface area contributed by atoms with E-state index in [1.54, 1.807) is 0 Å². The Kier molecular flexibility index (Phi) is 7.99. The van der Waals surface area contributed by atoms with Crippen molar-refractivity contribution in [2.24, 2.45) is 0 Å². The summed E-state index contributed by atoms with van der Waals surface area (Å²) in [6.45, 7) is 6.34. The Balaban J connectivity index is 2.51. The van der Waals surface area contributed by atoms with Crippen LogP contribution in [-0.4, -0.2) is 24.7 Å². The first-order valence-corrected chi connectivity index (χ1v) is 8.34. The summed E-state index contributed by atoms with van der Waals surface area (Å²) in [7, 11) is 2.03. The van der Waals surface area contributed by atoms with Crippen LogP contribution in [-0.2, 0) is 0 Å². The Morgan fingerprint density at radius 3 is 2.42 bits per heavy atom. The van der Waals surface area contributed by atoms with Crippen LogP contribution in [0.1, 0.15) is 45.2 Å². The van der Waals surface area contributed by atoms with Crippen LogP contribution in [0.5, 0.6) is 5.75 Å². The maximum absolute atomic E-state index is 5.67. The smallest absolute Gasteiger partial charge is 0.119 e. The molecule has 0 saturated heterocycles. The zero-order valence-corrected chi connectivity index (χ0v) is 13.4. The fourth-order valence-electron chi connectivity index (χ4n) is 1.84. The number of rotatable bonds is 9. The third-order valence-corrected chi connectivity index (χ3v) is 4.08. The van der Waals surface area contributed by atoms with Crippen molar-refractivity contribution in [1.82, 2.24) is 5.32 Å². The lowest BCUT2D eigenvalue weighted by molar-refractivity contribution is 0.242. The van der Waals surface area contributed by atoms with Crippen LogP contribution in [0.15, 0.2) is 24.3 Å². The van der Waals surface area contributed by atoms with Gasteiger partial charge >= 0.3 is 0 Å². The minimum absolute atomic E-state index is 0.232. The molecule has 1 rings (SSSR count). The molecule has 19 heavy (non-hydrogen) atoms. The van der Waals surface area contributed by atoms with E-state index in [1.165, 1.54) is 24.2 Å². The van der Waals surface area contributed by atoms with E-state index in [4.69, 9.17) is 4.74 Å². The molecule has 0 spiro atoms. The van der Waals surface area contributed by atoms with Gasteiger partial charge in [0.1, 0.15) is 5.75 Å². The van der Waals surface area contributed by atoms with Gasteiger partial charge in [-0.2, -0.15) is 11.8 Å². The second kappa shape index (κ2) is 9.27. The van der Waals surface area contributed by atoms with Crippen molar-refractivity contribution in [3.63, 3.8) is 0 Å². The van der Waals surface area contributed by atoms with Crippen LogP contribution in [0.25, 0.3) is 0 Å². The molecule has 0 aliphatic heterocycles. The molecule has 1 atom stereocenters. The average Bonchev–Trinajstić information content (AvgIpc) is 2.40. The number of nitrogens with one attached hydrogen (secondary N) is 1. The van der Waals surface area contributed by atoms with Gasteiger partial charge in [-0.15, -0.1) is 0 Å². The van der Waals surface area contributed by atoms with E-state index < -0.39 is 0 Å². The van der Waals surface area contributed by atoms with E-state index in [1.807, 2.05) is 18.8 Å². The molecule has 0 aliphatic carbocycles. The molecule has 0 bridgehead atoms. The molecule has 0 amide bonds. The van der Waals surface area contributed by atoms with Crippen molar-refractivity contribution < 1.29 is 4.74 Å². The van der Waals surface area contributed by atoms with Crippen molar-refractivity contribution in [1.29, 1.82) is 0 Å². The lowest BCUT2D eigenvalue weighted by atomic mass is 10.1. The van der Waals surface area contributed by atoms with Gasteiger partial charge in [0, 0.05) is 11.8 Å². The van der Waals surface area contributed by atoms with Crippen molar-refractivity contribution in [3.05, 3.63) is 29.8 Å². The topological polar surface area (TPSA) is 21.3 Å². The van der Waals surface area contributed by atoms with Crippen LogP contribution < -0.4 is 10.1 Å². The Morgan fingerprint density at radius 1 is 1.21 bits per heavy atom. The number of thioether (sulfide) groups is 1. The Labute approximate surface area is 122 Å². The molecule has 1 unspecified atom stereocenters. The molecule has 0 radical (unpaired) electrons. The molecular weight excluding hydrogens is 254 g/mol. The van der Waals surface area contributed by atoms with Crippen LogP contribution in [0.3, 0.4) is 0 Å². The maximum Gasteiger partial charge on any atom is 0.119 e. The molecule has 1 N–H and O–H groups in total. The molecular formula is C16H27NOS. The molecule has 2 nitrogen and oxygen atoms in total. The summed E-state index contributed by atoms with van der Waals surface area (Å²) in [5.41, 5.74) is 1.34. The van der Waals surface area contributed by atoms with Crippen LogP contribution in [0.4, 0.5) is 0 Å². The number of benzene rings is 1. The fourth-order valence-corrected chi connectivity index (χ4v) is 3.10. The average molecular weight is 281 g/mol. The first-order valence-electron chi connectivity index (χ1n) is 7.19. The van der Waals surface area contributed by atoms with Gasteiger partial charge in [-0.25, -0.2) is 0 Å². The summed E-state index contributed by atoms with van der Waals surface area (Å²) in [5.74, 6) is 3.33. The van der Waals surface area contributed by atoms with Gasteiger partial charge in [0.05, 0.1) is 6.10 Å². The van der Waals surface area contributed by atoms with Crippen LogP contribution in [0.2, 0.25) is 0 Å². The zero-order chi connectivity index (χ0) is 14.1. The summed E-state index contributed by atoms with van der Waals surface area (Å²) in [4.78, 5) is 0. The molecule has 1 aromatic carbocycles. The zero-order valence-electron chi connectivity index (χ0n) is 12.6. The predicted molar refractivity (Wildman–Crippen MR) is 86.2 cm³/mol. The van der Waals surface area contributed by atoms with E-state index in [2.05, 4.69) is 50.4 Å². The van der Waals surface area contributed by atoms with E-state index in [0.717, 1.165) is 11.5 Å². The molecule has 0 heterocycles. The van der Waals surface area contributed by atoms with Crippen molar-refractivity contribution in [3.8, 4) is 5.75 Å². The quantitative estimate of drug-likeness (QED) is 0.683. The van der Waals surface area contributed by atoms with Crippen LogP contribution in [0, 0.1) is 0 Å². The molecule has 1 aromatic rings. The highest BCUT2D eigenvalue weighted by atomic mass is 32.2. The summed E-state index contributed by atoms with van der Waals surface area (Å²) in [6, 6.07) is 8.89. The normalized spacial score (nSPS) is 12.7. The number of unbranched alkanes of at least 4 members (excludes halogenated alkanes) is 1. The molecule has 0 aromatic heterocycles. The standard InChI is InChI=1S/C16H27NOS/c1-5-6-11-19-12-16(17-4)14-7-9-15(10-8-14)18-13(2)3/h7-10,13,16-17H,5-6,11-12H2,1-4H3. The lowest BCUT2D eigenvalue weighted by Crippen LogP contribution is -2.19. The van der Waals surface area contributed by atoms with E-state index in [9.17, 15) is 0 Å². The van der Waals surface area contributed by atoms with E-state index >= 15 is 0 Å². The predicted octanol–water partition coefficient (Wildman–Crippen LogP) is 4.27. The SMILES string of the molecule is CCCCSCC(NC)c1ccc(OC(C)C)cc1. The number of ether oxygens (including phenoxy) is 1. The highest BCUT2D eigenvalue weighted by molar-refractivity contribution is 7.99. The summed E-state index contributed by atoms with van der Waals surface area (Å²) in [6.07, 6.45) is 2.82. The fraction of sp³-hybridized carbons (Fsp3) is 0.625. The lowest BCUT2D eigenvalue weighted by Gasteiger charge is -2.17. The summed E-state index contributed by atoms with van der Waals surface area (Å²) < 4.78 is 5.67. The van der Waals surface area contributed by atoms with Gasteiger partial charge in [0.2, 0.25) is 0 Å². The van der Waals surface area contributed by atoms with E-state index in [0.29, 0.717) is 6.04 Å². The van der Waals surface area contributed by atoms with Gasteiger partial charge in [0.15, 0.2) is 0 Å². The van der Waals surface area contributed by atoms with Gasteiger partial charge in [0.25, 0.3) is 0 Å². The Bertz CT molecular complexity index is 337. The maximum atomic E-state index is 5.67. The highest BCUT2D eigenvalue weighted by Gasteiger charge is 2.09. The van der Waals surface area contributed by atoms with Crippen LogP contribution >= 0.6 is 11.8 Å². The van der Waals surface area contributed by atoms with Crippen molar-refractivity contribution >= 4 is 11.8 Å². The van der Waals surface area contributed by atoms with E-state index in [-0.39, 0.29) is 6.10 Å². The van der Waals surface area contributed by atoms with Gasteiger partial charge < -0.3 is 10.1 Å². The second-order valence-electron chi connectivity index (χ2n) is 5.01. The highest BCUT2D eigenvalue weighted by Crippen LogP contribution is 2.22.